The Morgan fingerprint density at radius 1 is 0.950 bits per heavy atom. The fourth-order valence-electron chi connectivity index (χ4n) is 1.56. The van der Waals surface area contributed by atoms with E-state index in [0.29, 0.717) is 0 Å². The topological polar surface area (TPSA) is 197 Å². The molecule has 0 saturated carbocycles. The SMILES string of the molecule is O=S(=O)(O)O[C@@H]1[C@@H](O)[C@H](O)O[C@H](CO)[C@H]1OS(=O)(=O)O. The first-order valence-corrected chi connectivity index (χ1v) is 7.61. The van der Waals surface area contributed by atoms with Crippen LogP contribution in [0.5, 0.6) is 0 Å². The number of hydrogen-bond acceptors (Lipinski definition) is 10. The van der Waals surface area contributed by atoms with Crippen molar-refractivity contribution in [1.29, 1.82) is 0 Å². The highest BCUT2D eigenvalue weighted by atomic mass is 32.3. The van der Waals surface area contributed by atoms with E-state index in [9.17, 15) is 27.0 Å². The lowest BCUT2D eigenvalue weighted by atomic mass is 9.99. The summed E-state index contributed by atoms with van der Waals surface area (Å²) in [5.41, 5.74) is 0. The molecule has 1 aliphatic rings. The summed E-state index contributed by atoms with van der Waals surface area (Å²) in [4.78, 5) is 0. The maximum Gasteiger partial charge on any atom is 0.397 e. The fraction of sp³-hybridized carbons (Fsp3) is 1.00. The zero-order chi connectivity index (χ0) is 15.7. The molecule has 1 heterocycles. The van der Waals surface area contributed by atoms with E-state index in [-0.39, 0.29) is 0 Å². The van der Waals surface area contributed by atoms with E-state index in [1.807, 2.05) is 0 Å². The molecule has 12 nitrogen and oxygen atoms in total. The summed E-state index contributed by atoms with van der Waals surface area (Å²) < 4.78 is 72.2. The Morgan fingerprint density at radius 3 is 1.80 bits per heavy atom. The zero-order valence-electron chi connectivity index (χ0n) is 9.50. The highest BCUT2D eigenvalue weighted by Crippen LogP contribution is 2.26. The molecule has 0 aromatic rings. The predicted octanol–water partition coefficient (Wildman–Crippen LogP) is -3.57. The van der Waals surface area contributed by atoms with Crippen LogP contribution in [0.3, 0.4) is 0 Å². The van der Waals surface area contributed by atoms with Crippen LogP contribution in [0.15, 0.2) is 0 Å². The van der Waals surface area contributed by atoms with Gasteiger partial charge in [-0.3, -0.25) is 9.11 Å². The lowest BCUT2D eigenvalue weighted by Crippen LogP contribution is -2.61. The van der Waals surface area contributed by atoms with Crippen LogP contribution in [0.4, 0.5) is 0 Å². The highest BCUT2D eigenvalue weighted by molar-refractivity contribution is 7.81. The van der Waals surface area contributed by atoms with Crippen molar-refractivity contribution in [1.82, 2.24) is 0 Å². The monoisotopic (exact) mass is 340 g/mol. The van der Waals surface area contributed by atoms with Crippen molar-refractivity contribution in [2.45, 2.75) is 30.7 Å². The average Bonchev–Trinajstić information content (AvgIpc) is 2.25. The normalized spacial score (nSPS) is 36.0. The molecule has 0 bridgehead atoms. The van der Waals surface area contributed by atoms with Gasteiger partial charge in [-0.25, -0.2) is 8.37 Å². The van der Waals surface area contributed by atoms with Gasteiger partial charge in [0.25, 0.3) is 0 Å². The molecule has 0 spiro atoms. The molecule has 1 fully saturated rings. The van der Waals surface area contributed by atoms with Gasteiger partial charge in [0.2, 0.25) is 0 Å². The molecule has 0 unspecified atom stereocenters. The summed E-state index contributed by atoms with van der Waals surface area (Å²) in [6.45, 7) is -0.977. The average molecular weight is 340 g/mol. The van der Waals surface area contributed by atoms with Crippen molar-refractivity contribution < 1.29 is 54.4 Å². The van der Waals surface area contributed by atoms with Crippen molar-refractivity contribution in [2.75, 3.05) is 6.61 Å². The van der Waals surface area contributed by atoms with E-state index in [1.54, 1.807) is 0 Å². The molecule has 5 atom stereocenters. The molecule has 0 aliphatic carbocycles. The smallest absolute Gasteiger partial charge is 0.394 e. The molecule has 1 saturated heterocycles. The summed E-state index contributed by atoms with van der Waals surface area (Å²) in [5, 5.41) is 27.7. The Labute approximate surface area is 113 Å². The van der Waals surface area contributed by atoms with Crippen LogP contribution in [0.2, 0.25) is 0 Å². The molecule has 0 amide bonds. The third-order valence-electron chi connectivity index (χ3n) is 2.28. The Balaban J connectivity index is 3.12. The third-order valence-corrected chi connectivity index (χ3v) is 3.21. The molecular formula is C6H12O12S2. The molecule has 0 aromatic carbocycles. The molecule has 20 heavy (non-hydrogen) atoms. The summed E-state index contributed by atoms with van der Waals surface area (Å²) in [5.74, 6) is 0. The molecule has 0 radical (unpaired) electrons. The van der Waals surface area contributed by atoms with Crippen LogP contribution < -0.4 is 0 Å². The van der Waals surface area contributed by atoms with Gasteiger partial charge in [-0.15, -0.1) is 0 Å². The maximum absolute atomic E-state index is 10.6. The van der Waals surface area contributed by atoms with E-state index in [1.165, 1.54) is 0 Å². The Kier molecular flexibility index (Phi) is 5.41. The molecule has 1 aliphatic heterocycles. The van der Waals surface area contributed by atoms with E-state index in [2.05, 4.69) is 13.1 Å². The van der Waals surface area contributed by atoms with Crippen molar-refractivity contribution in [3.05, 3.63) is 0 Å². The van der Waals surface area contributed by atoms with Gasteiger partial charge in [-0.05, 0) is 0 Å². The lowest BCUT2D eigenvalue weighted by Gasteiger charge is -2.40. The van der Waals surface area contributed by atoms with Gasteiger partial charge >= 0.3 is 20.8 Å². The summed E-state index contributed by atoms with van der Waals surface area (Å²) in [6, 6.07) is 0. The van der Waals surface area contributed by atoms with Crippen LogP contribution in [-0.2, 0) is 33.9 Å². The molecule has 5 N–H and O–H groups in total. The van der Waals surface area contributed by atoms with E-state index in [4.69, 9.17) is 14.2 Å². The maximum atomic E-state index is 10.6. The quantitative estimate of drug-likeness (QED) is 0.309. The highest BCUT2D eigenvalue weighted by Gasteiger charge is 2.49. The predicted molar refractivity (Wildman–Crippen MR) is 56.8 cm³/mol. The van der Waals surface area contributed by atoms with E-state index >= 15 is 0 Å². The fourth-order valence-corrected chi connectivity index (χ4v) is 2.58. The second-order valence-corrected chi connectivity index (χ2v) is 5.81. The molecular weight excluding hydrogens is 328 g/mol. The van der Waals surface area contributed by atoms with Gasteiger partial charge in [0, 0.05) is 0 Å². The third kappa shape index (κ3) is 4.85. The largest absolute Gasteiger partial charge is 0.397 e. The van der Waals surface area contributed by atoms with Crippen molar-refractivity contribution >= 4 is 20.8 Å². The Bertz CT molecular complexity index is 490. The summed E-state index contributed by atoms with van der Waals surface area (Å²) in [6.07, 6.45) is -10.1. The Morgan fingerprint density at radius 2 is 1.40 bits per heavy atom. The minimum atomic E-state index is -5.16. The number of aliphatic hydroxyl groups excluding tert-OH is 3. The minimum absolute atomic E-state index is 0.977. The van der Waals surface area contributed by atoms with Gasteiger partial charge < -0.3 is 20.1 Å². The van der Waals surface area contributed by atoms with Crippen molar-refractivity contribution in [2.24, 2.45) is 0 Å². The lowest BCUT2D eigenvalue weighted by molar-refractivity contribution is -0.277. The van der Waals surface area contributed by atoms with Gasteiger partial charge in [-0.1, -0.05) is 0 Å². The van der Waals surface area contributed by atoms with Crippen LogP contribution in [0, 0.1) is 0 Å². The second-order valence-electron chi connectivity index (χ2n) is 3.72. The van der Waals surface area contributed by atoms with E-state index in [0.717, 1.165) is 0 Å². The number of hydrogen-bond donors (Lipinski definition) is 5. The standard InChI is InChI=1S/C6H12O12S2/c7-1-2-4(17-19(10,11)12)5(18-20(13,14)15)3(8)6(9)16-2/h2-9H,1H2,(H,10,11,12)(H,13,14,15)/t2-,3-,4-,5-,6-/m1/s1. The Hall–Kier alpha value is -0.420. The number of aliphatic hydroxyl groups is 3. The summed E-state index contributed by atoms with van der Waals surface area (Å²) in [7, 11) is -10.3. The first-order valence-electron chi connectivity index (χ1n) is 4.88. The van der Waals surface area contributed by atoms with Crippen LogP contribution in [-0.4, -0.2) is 78.6 Å². The molecule has 120 valence electrons. The van der Waals surface area contributed by atoms with Gasteiger partial charge in [-0.2, -0.15) is 16.8 Å². The van der Waals surface area contributed by atoms with Crippen molar-refractivity contribution in [3.8, 4) is 0 Å². The van der Waals surface area contributed by atoms with E-state index < -0.39 is 58.1 Å². The van der Waals surface area contributed by atoms with Gasteiger partial charge in [0.15, 0.2) is 6.29 Å². The zero-order valence-corrected chi connectivity index (χ0v) is 11.1. The number of rotatable bonds is 5. The number of ether oxygens (including phenoxy) is 1. The second kappa shape index (κ2) is 6.14. The van der Waals surface area contributed by atoms with Gasteiger partial charge in [0.1, 0.15) is 24.4 Å². The first kappa shape index (κ1) is 17.6. The molecule has 14 heteroatoms. The summed E-state index contributed by atoms with van der Waals surface area (Å²) >= 11 is 0. The molecule has 0 aromatic heterocycles. The molecule has 1 rings (SSSR count). The minimum Gasteiger partial charge on any atom is -0.394 e. The van der Waals surface area contributed by atoms with Gasteiger partial charge in [0.05, 0.1) is 6.61 Å². The van der Waals surface area contributed by atoms with Crippen molar-refractivity contribution in [3.63, 3.8) is 0 Å². The van der Waals surface area contributed by atoms with Crippen LogP contribution in [0.1, 0.15) is 0 Å². The van der Waals surface area contributed by atoms with Crippen LogP contribution >= 0.6 is 0 Å². The van der Waals surface area contributed by atoms with Crippen LogP contribution in [0.25, 0.3) is 0 Å². The first-order chi connectivity index (χ1) is 8.94.